The number of carbonyl (C=O) groups excluding carboxylic acids is 2. The van der Waals surface area contributed by atoms with Crippen LogP contribution in [0.1, 0.15) is 51.5 Å². The van der Waals surface area contributed by atoms with E-state index in [-0.39, 0.29) is 37.6 Å². The monoisotopic (exact) mass is 562 g/mol. The summed E-state index contributed by atoms with van der Waals surface area (Å²) in [6.07, 6.45) is 2.70. The van der Waals surface area contributed by atoms with Gasteiger partial charge in [-0.15, -0.1) is 0 Å². The zero-order chi connectivity index (χ0) is 29.3. The molecule has 0 aromatic heterocycles. The Morgan fingerprint density at radius 3 is 2.45 bits per heavy atom. The Labute approximate surface area is 231 Å². The van der Waals surface area contributed by atoms with E-state index < -0.39 is 54.4 Å². The average molecular weight is 562 g/mol. The van der Waals surface area contributed by atoms with Crippen LogP contribution in [0.4, 0.5) is 18.0 Å². The second kappa shape index (κ2) is 11.4. The van der Waals surface area contributed by atoms with Gasteiger partial charge in [0.2, 0.25) is 0 Å². The number of nitrogens with one attached hydrogen (secondary N) is 1. The average Bonchev–Trinajstić information content (AvgIpc) is 3.57. The number of halogens is 3. The molecule has 1 atom stereocenters. The van der Waals surface area contributed by atoms with Crippen LogP contribution in [0, 0.1) is 17.1 Å². The van der Waals surface area contributed by atoms with E-state index in [2.05, 4.69) is 5.32 Å². The summed E-state index contributed by atoms with van der Waals surface area (Å²) in [5, 5.41) is 31.7. The van der Waals surface area contributed by atoms with Gasteiger partial charge in [-0.2, -0.15) is 5.26 Å². The zero-order valence-electron chi connectivity index (χ0n) is 22.6. The summed E-state index contributed by atoms with van der Waals surface area (Å²) in [4.78, 5) is 29.4. The first kappa shape index (κ1) is 29.9. The molecular weight excluding hydrogens is 528 g/mol. The highest BCUT2D eigenvalue weighted by atomic mass is 19.3. The third-order valence-electron chi connectivity index (χ3n) is 8.32. The molecule has 1 aromatic rings. The van der Waals surface area contributed by atoms with Crippen LogP contribution < -0.4 is 5.32 Å². The van der Waals surface area contributed by atoms with Crippen molar-refractivity contribution in [3.63, 3.8) is 0 Å². The number of nitriles is 1. The highest BCUT2D eigenvalue weighted by Crippen LogP contribution is 2.47. The van der Waals surface area contributed by atoms with Crippen molar-refractivity contribution >= 4 is 19.1 Å². The molecule has 3 fully saturated rings. The van der Waals surface area contributed by atoms with Crippen LogP contribution in [0.5, 0.6) is 0 Å². The second-order valence-electron chi connectivity index (χ2n) is 11.6. The minimum atomic E-state index is -2.82. The van der Waals surface area contributed by atoms with Crippen LogP contribution in [-0.4, -0.2) is 87.6 Å². The van der Waals surface area contributed by atoms with E-state index in [0.29, 0.717) is 31.2 Å². The van der Waals surface area contributed by atoms with Gasteiger partial charge in [0.1, 0.15) is 24.1 Å². The van der Waals surface area contributed by atoms with Crippen molar-refractivity contribution in [2.45, 2.75) is 81.4 Å². The van der Waals surface area contributed by atoms with Gasteiger partial charge in [0.05, 0.1) is 18.0 Å². The van der Waals surface area contributed by atoms with E-state index in [1.807, 2.05) is 6.07 Å². The number of benzene rings is 1. The van der Waals surface area contributed by atoms with Crippen LogP contribution in [0.3, 0.4) is 0 Å². The van der Waals surface area contributed by atoms with Gasteiger partial charge in [-0.25, -0.2) is 18.0 Å². The Kier molecular flexibility index (Phi) is 8.54. The molecule has 3 heterocycles. The number of hydrogen-bond acceptors (Lipinski definition) is 7. The topological polar surface area (TPSA) is 126 Å². The minimum Gasteiger partial charge on any atom is -0.447 e. The molecule has 0 spiro atoms. The van der Waals surface area contributed by atoms with Crippen molar-refractivity contribution in [2.75, 3.05) is 19.7 Å². The summed E-state index contributed by atoms with van der Waals surface area (Å²) in [6, 6.07) is 7.19. The highest BCUT2D eigenvalue weighted by Gasteiger charge is 2.55. The van der Waals surface area contributed by atoms with E-state index in [9.17, 15) is 38.1 Å². The van der Waals surface area contributed by atoms with Gasteiger partial charge in [-0.1, -0.05) is 12.1 Å². The van der Waals surface area contributed by atoms with Crippen LogP contribution in [-0.2, 0) is 16.0 Å². The molecule has 0 radical (unpaired) electrons. The van der Waals surface area contributed by atoms with E-state index in [1.54, 1.807) is 23.6 Å². The van der Waals surface area contributed by atoms with Crippen molar-refractivity contribution in [3.05, 3.63) is 47.3 Å². The van der Waals surface area contributed by atoms with Crippen LogP contribution in [0.25, 0.3) is 0 Å². The molecule has 9 nitrogen and oxygen atoms in total. The third-order valence-corrected chi connectivity index (χ3v) is 8.32. The van der Waals surface area contributed by atoms with Crippen LogP contribution in [0.2, 0.25) is 0 Å². The third kappa shape index (κ3) is 6.45. The number of fused-ring (bicyclic) bond motifs is 2. The molecule has 4 rings (SSSR count). The fourth-order valence-corrected chi connectivity index (χ4v) is 6.06. The summed E-state index contributed by atoms with van der Waals surface area (Å²) in [5.74, 6) is -4.91. The Morgan fingerprint density at radius 1 is 1.25 bits per heavy atom. The highest BCUT2D eigenvalue weighted by molar-refractivity contribution is 6.43. The van der Waals surface area contributed by atoms with Gasteiger partial charge in [-0.05, 0) is 69.7 Å². The SMILES string of the molecule is CC(C)(C=C(C#N)C(=O)N1C2CCC1(COC(=O)NC(Cc1ccc(F)cc1)B(O)O)CC2)N1CCC(F)(F)C1. The van der Waals surface area contributed by atoms with Crippen molar-refractivity contribution in [1.82, 2.24) is 15.1 Å². The quantitative estimate of drug-likeness (QED) is 0.240. The molecule has 3 aliphatic rings. The van der Waals surface area contributed by atoms with E-state index in [1.165, 1.54) is 30.3 Å². The molecule has 0 saturated carbocycles. The second-order valence-corrected chi connectivity index (χ2v) is 11.6. The van der Waals surface area contributed by atoms with Gasteiger partial charge in [0.25, 0.3) is 11.8 Å². The number of likely N-dealkylation sites (tertiary alicyclic amines) is 1. The Balaban J connectivity index is 1.42. The molecule has 40 heavy (non-hydrogen) atoms. The van der Waals surface area contributed by atoms with Crippen LogP contribution in [0.15, 0.2) is 35.9 Å². The maximum absolute atomic E-state index is 13.8. The number of ether oxygens (including phenoxy) is 1. The zero-order valence-corrected chi connectivity index (χ0v) is 22.6. The molecule has 216 valence electrons. The summed E-state index contributed by atoms with van der Waals surface area (Å²) in [7, 11) is -1.90. The van der Waals surface area contributed by atoms with Crippen LogP contribution >= 0.6 is 0 Å². The number of nitrogens with zero attached hydrogens (tertiary/aromatic N) is 3. The lowest BCUT2D eigenvalue weighted by Gasteiger charge is -2.36. The van der Waals surface area contributed by atoms with Gasteiger partial charge in [-0.3, -0.25) is 9.69 Å². The summed E-state index contributed by atoms with van der Waals surface area (Å²) in [6.45, 7) is 2.92. The Hall–Kier alpha value is -3.08. The molecule has 3 N–H and O–H groups in total. The molecule has 3 saturated heterocycles. The first-order chi connectivity index (χ1) is 18.7. The predicted molar refractivity (Wildman–Crippen MR) is 139 cm³/mol. The molecule has 2 bridgehead atoms. The van der Waals surface area contributed by atoms with E-state index in [4.69, 9.17) is 4.74 Å². The van der Waals surface area contributed by atoms with E-state index in [0.717, 1.165) is 0 Å². The number of carbonyl (C=O) groups is 2. The van der Waals surface area contributed by atoms with Crippen molar-refractivity contribution < 1.29 is 37.5 Å². The standard InChI is InChI=1S/C27H34BF3N4O5/c1-25(2,34-12-11-27(30,31)16-34)14-19(15-32)23(36)35-21-7-9-26(35,10-8-21)17-40-24(37)33-22(28(38)39)13-18-3-5-20(29)6-4-18/h3-6,14,21-22,38-39H,7-13,16-17H2,1-2H3,(H,33,37). The molecule has 1 unspecified atom stereocenters. The predicted octanol–water partition coefficient (Wildman–Crippen LogP) is 2.57. The Bertz CT molecular complexity index is 1180. The van der Waals surface area contributed by atoms with E-state index >= 15 is 0 Å². The molecule has 2 amide bonds. The minimum absolute atomic E-state index is 0.0138. The number of rotatable bonds is 9. The van der Waals surface area contributed by atoms with Crippen molar-refractivity contribution in [2.24, 2.45) is 0 Å². The van der Waals surface area contributed by atoms with Gasteiger partial charge in [0.15, 0.2) is 0 Å². The lowest BCUT2D eigenvalue weighted by Crippen LogP contribution is -2.52. The number of hydrogen-bond donors (Lipinski definition) is 3. The maximum Gasteiger partial charge on any atom is 0.475 e. The lowest BCUT2D eigenvalue weighted by atomic mass is 9.76. The van der Waals surface area contributed by atoms with Gasteiger partial charge < -0.3 is 25.0 Å². The molecule has 13 heteroatoms. The maximum atomic E-state index is 13.8. The fourth-order valence-electron chi connectivity index (χ4n) is 6.06. The van der Waals surface area contributed by atoms with Crippen molar-refractivity contribution in [1.29, 1.82) is 5.26 Å². The normalized spacial score (nSPS) is 25.0. The van der Waals surface area contributed by atoms with Crippen molar-refractivity contribution in [3.8, 4) is 6.07 Å². The fraction of sp³-hybridized carbons (Fsp3) is 0.593. The summed E-state index contributed by atoms with van der Waals surface area (Å²) in [5.41, 5.74) is -1.36. The van der Waals surface area contributed by atoms with Gasteiger partial charge >= 0.3 is 13.2 Å². The smallest absolute Gasteiger partial charge is 0.447 e. The molecule has 3 aliphatic heterocycles. The lowest BCUT2D eigenvalue weighted by molar-refractivity contribution is -0.132. The Morgan fingerprint density at radius 2 is 1.90 bits per heavy atom. The molecule has 1 aromatic carbocycles. The largest absolute Gasteiger partial charge is 0.475 e. The summed E-state index contributed by atoms with van der Waals surface area (Å²) >= 11 is 0. The molecular formula is C27H34BF3N4O5. The number of alkyl halides is 2. The first-order valence-electron chi connectivity index (χ1n) is 13.4. The summed E-state index contributed by atoms with van der Waals surface area (Å²) < 4.78 is 46.3. The number of alkyl carbamates (subject to hydrolysis) is 1. The molecule has 0 aliphatic carbocycles. The van der Waals surface area contributed by atoms with Gasteiger partial charge in [0, 0.05) is 24.5 Å². The number of amides is 2. The first-order valence-corrected chi connectivity index (χ1v) is 13.4.